The van der Waals surface area contributed by atoms with Gasteiger partial charge in [-0.2, -0.15) is 0 Å². The molecule has 0 amide bonds. The molecule has 0 aliphatic rings. The van der Waals surface area contributed by atoms with Crippen LogP contribution in [0.1, 0.15) is 25.8 Å². The van der Waals surface area contributed by atoms with Gasteiger partial charge in [0, 0.05) is 5.56 Å². The molecule has 1 aromatic heterocycles. The number of ether oxygens (including phenoxy) is 1. The maximum atomic E-state index is 5.88. The van der Waals surface area contributed by atoms with Crippen LogP contribution in [0.2, 0.25) is 10.3 Å². The summed E-state index contributed by atoms with van der Waals surface area (Å²) in [5.74, 6) is 0. The number of aromatic nitrogens is 1. The maximum absolute atomic E-state index is 5.88. The van der Waals surface area contributed by atoms with Gasteiger partial charge in [-0.05, 0) is 19.4 Å². The van der Waals surface area contributed by atoms with Gasteiger partial charge in [0.2, 0.25) is 0 Å². The molecular formula is C10H13Cl2NO. The fourth-order valence-electron chi connectivity index (χ4n) is 0.899. The molecule has 0 aliphatic heterocycles. The van der Waals surface area contributed by atoms with E-state index in [1.807, 2.05) is 13.0 Å². The Hall–Kier alpha value is -0.310. The molecule has 2 nitrogen and oxygen atoms in total. The van der Waals surface area contributed by atoms with Crippen molar-refractivity contribution in [1.82, 2.24) is 4.98 Å². The molecular weight excluding hydrogens is 221 g/mol. The van der Waals surface area contributed by atoms with E-state index >= 15 is 0 Å². The van der Waals surface area contributed by atoms with Crippen LogP contribution < -0.4 is 0 Å². The molecule has 1 aromatic rings. The van der Waals surface area contributed by atoms with Gasteiger partial charge >= 0.3 is 0 Å². The molecule has 0 radical (unpaired) electrons. The van der Waals surface area contributed by atoms with E-state index in [0.29, 0.717) is 16.9 Å². The minimum Gasteiger partial charge on any atom is -0.374 e. The molecule has 0 fully saturated rings. The minimum atomic E-state index is 0.238. The van der Waals surface area contributed by atoms with Crippen LogP contribution >= 0.6 is 23.2 Å². The molecule has 0 bridgehead atoms. The molecule has 78 valence electrons. The zero-order valence-electron chi connectivity index (χ0n) is 8.26. The first-order valence-corrected chi connectivity index (χ1v) is 5.31. The number of pyridine rings is 1. The molecule has 4 heteroatoms. The summed E-state index contributed by atoms with van der Waals surface area (Å²) in [5.41, 5.74) is 0.872. The Labute approximate surface area is 94.2 Å². The highest BCUT2D eigenvalue weighted by atomic mass is 35.5. The second-order valence-corrected chi connectivity index (χ2v) is 3.86. The second-order valence-electron chi connectivity index (χ2n) is 3.11. The Morgan fingerprint density at radius 1 is 1.43 bits per heavy atom. The van der Waals surface area contributed by atoms with Crippen LogP contribution in [0.5, 0.6) is 0 Å². The monoisotopic (exact) mass is 233 g/mol. The van der Waals surface area contributed by atoms with Crippen LogP contribution in [-0.2, 0) is 11.3 Å². The molecule has 0 N–H and O–H groups in total. The van der Waals surface area contributed by atoms with Crippen molar-refractivity contribution in [2.24, 2.45) is 0 Å². The zero-order chi connectivity index (χ0) is 10.6. The number of rotatable bonds is 4. The van der Waals surface area contributed by atoms with Gasteiger partial charge in [0.25, 0.3) is 0 Å². The molecule has 1 atom stereocenters. The summed E-state index contributed by atoms with van der Waals surface area (Å²) in [6.07, 6.45) is 1.22. The van der Waals surface area contributed by atoms with Gasteiger partial charge in [0.05, 0.1) is 12.7 Å². The third kappa shape index (κ3) is 3.45. The zero-order valence-corrected chi connectivity index (χ0v) is 9.77. The molecule has 1 unspecified atom stereocenters. The molecule has 1 rings (SSSR count). The Balaban J connectivity index is 2.59. The van der Waals surface area contributed by atoms with Crippen LogP contribution in [0.4, 0.5) is 0 Å². The summed E-state index contributed by atoms with van der Waals surface area (Å²) in [5, 5.41) is 0.822. The van der Waals surface area contributed by atoms with E-state index in [9.17, 15) is 0 Å². The third-order valence-electron chi connectivity index (χ3n) is 1.99. The largest absolute Gasteiger partial charge is 0.374 e. The van der Waals surface area contributed by atoms with Crippen molar-refractivity contribution < 1.29 is 4.74 Å². The van der Waals surface area contributed by atoms with Crippen LogP contribution in [0.3, 0.4) is 0 Å². The van der Waals surface area contributed by atoms with E-state index in [4.69, 9.17) is 27.9 Å². The highest BCUT2D eigenvalue weighted by Gasteiger charge is 2.04. The highest BCUT2D eigenvalue weighted by Crippen LogP contribution is 2.18. The first-order chi connectivity index (χ1) is 6.63. The number of hydrogen-bond acceptors (Lipinski definition) is 2. The Morgan fingerprint density at radius 3 is 2.71 bits per heavy atom. The molecule has 14 heavy (non-hydrogen) atoms. The molecule has 0 saturated carbocycles. The van der Waals surface area contributed by atoms with Crippen molar-refractivity contribution in [3.8, 4) is 0 Å². The van der Waals surface area contributed by atoms with Crippen LogP contribution in [0, 0.1) is 0 Å². The fourth-order valence-corrected chi connectivity index (χ4v) is 1.30. The van der Waals surface area contributed by atoms with Gasteiger partial charge in [0.1, 0.15) is 10.3 Å². The fraction of sp³-hybridized carbons (Fsp3) is 0.500. The average Bonchev–Trinajstić information content (AvgIpc) is 2.16. The number of nitrogens with zero attached hydrogens (tertiary/aromatic N) is 1. The van der Waals surface area contributed by atoms with Crippen LogP contribution in [0.15, 0.2) is 12.1 Å². The van der Waals surface area contributed by atoms with E-state index in [2.05, 4.69) is 11.9 Å². The Kier molecular flexibility index (Phi) is 4.66. The number of hydrogen-bond donors (Lipinski definition) is 0. The van der Waals surface area contributed by atoms with Crippen molar-refractivity contribution in [1.29, 1.82) is 0 Å². The number of halogens is 2. The summed E-state index contributed by atoms with van der Waals surface area (Å²) < 4.78 is 5.53. The lowest BCUT2D eigenvalue weighted by Gasteiger charge is -2.10. The van der Waals surface area contributed by atoms with E-state index in [1.165, 1.54) is 0 Å². The van der Waals surface area contributed by atoms with Gasteiger partial charge in [-0.3, -0.25) is 0 Å². The quantitative estimate of drug-likeness (QED) is 0.741. The molecule has 0 saturated heterocycles. The van der Waals surface area contributed by atoms with Gasteiger partial charge in [0.15, 0.2) is 0 Å². The SMILES string of the molecule is CCC(C)OCc1ccc(Cl)nc1Cl. The normalized spacial score (nSPS) is 12.9. The highest BCUT2D eigenvalue weighted by molar-refractivity contribution is 6.32. The first kappa shape index (κ1) is 11.8. The van der Waals surface area contributed by atoms with E-state index < -0.39 is 0 Å². The summed E-state index contributed by atoms with van der Waals surface area (Å²) in [6, 6.07) is 3.54. The van der Waals surface area contributed by atoms with Crippen molar-refractivity contribution in [3.05, 3.63) is 28.0 Å². The van der Waals surface area contributed by atoms with E-state index in [1.54, 1.807) is 6.07 Å². The third-order valence-corrected chi connectivity index (χ3v) is 2.53. The van der Waals surface area contributed by atoms with Crippen molar-refractivity contribution >= 4 is 23.2 Å². The smallest absolute Gasteiger partial charge is 0.136 e. The lowest BCUT2D eigenvalue weighted by Crippen LogP contribution is -2.06. The van der Waals surface area contributed by atoms with Crippen LogP contribution in [0.25, 0.3) is 0 Å². The lowest BCUT2D eigenvalue weighted by atomic mass is 10.3. The molecule has 0 aromatic carbocycles. The van der Waals surface area contributed by atoms with Crippen molar-refractivity contribution in [2.75, 3.05) is 0 Å². The van der Waals surface area contributed by atoms with E-state index in [0.717, 1.165) is 12.0 Å². The summed E-state index contributed by atoms with van der Waals surface area (Å²) in [6.45, 7) is 4.58. The molecule has 1 heterocycles. The van der Waals surface area contributed by atoms with Gasteiger partial charge in [-0.25, -0.2) is 4.98 Å². The van der Waals surface area contributed by atoms with E-state index in [-0.39, 0.29) is 6.10 Å². The van der Waals surface area contributed by atoms with Crippen LogP contribution in [-0.4, -0.2) is 11.1 Å². The predicted molar refractivity (Wildman–Crippen MR) is 58.8 cm³/mol. The maximum Gasteiger partial charge on any atom is 0.136 e. The Morgan fingerprint density at radius 2 is 2.14 bits per heavy atom. The topological polar surface area (TPSA) is 22.1 Å². The lowest BCUT2D eigenvalue weighted by molar-refractivity contribution is 0.0507. The van der Waals surface area contributed by atoms with Crippen molar-refractivity contribution in [2.45, 2.75) is 33.0 Å². The summed E-state index contributed by atoms with van der Waals surface area (Å²) in [4.78, 5) is 3.93. The minimum absolute atomic E-state index is 0.238. The Bertz CT molecular complexity index is 304. The predicted octanol–water partition coefficient (Wildman–Crippen LogP) is 3.70. The van der Waals surface area contributed by atoms with Gasteiger partial charge in [-0.15, -0.1) is 0 Å². The second kappa shape index (κ2) is 5.54. The first-order valence-electron chi connectivity index (χ1n) is 4.56. The van der Waals surface area contributed by atoms with Gasteiger partial charge < -0.3 is 4.74 Å². The molecule has 0 spiro atoms. The summed E-state index contributed by atoms with van der Waals surface area (Å²) in [7, 11) is 0. The standard InChI is InChI=1S/C10H13Cl2NO/c1-3-7(2)14-6-8-4-5-9(11)13-10(8)12/h4-5,7H,3,6H2,1-2H3. The average molecular weight is 234 g/mol. The summed E-state index contributed by atoms with van der Waals surface area (Å²) >= 11 is 11.6. The van der Waals surface area contributed by atoms with Gasteiger partial charge in [-0.1, -0.05) is 36.2 Å². The molecule has 0 aliphatic carbocycles. The van der Waals surface area contributed by atoms with Crippen molar-refractivity contribution in [3.63, 3.8) is 0 Å².